The molecule has 0 saturated carbocycles. The minimum atomic E-state index is -0.875. The third-order valence-corrected chi connectivity index (χ3v) is 3.47. The van der Waals surface area contributed by atoms with E-state index < -0.39 is 11.9 Å². The number of likely N-dealkylation sites (tertiary alicyclic amines) is 1. The van der Waals surface area contributed by atoms with Crippen LogP contribution in [0.3, 0.4) is 0 Å². The van der Waals surface area contributed by atoms with Crippen molar-refractivity contribution in [1.29, 1.82) is 0 Å². The Hall–Kier alpha value is -2.11. The van der Waals surface area contributed by atoms with Crippen LogP contribution in [0.4, 0.5) is 14.9 Å². The predicted octanol–water partition coefficient (Wildman–Crippen LogP) is 2.46. The van der Waals surface area contributed by atoms with Crippen molar-refractivity contribution in [2.24, 2.45) is 5.92 Å². The Bertz CT molecular complexity index is 533. The van der Waals surface area contributed by atoms with E-state index in [0.29, 0.717) is 30.6 Å². The smallest absolute Gasteiger partial charge is 0.321 e. The molecule has 1 unspecified atom stereocenters. The Balaban J connectivity index is 2.00. The van der Waals surface area contributed by atoms with Gasteiger partial charge >= 0.3 is 12.0 Å². The van der Waals surface area contributed by atoms with Crippen LogP contribution in [-0.2, 0) is 4.79 Å². The molecule has 1 aliphatic heterocycles. The highest BCUT2D eigenvalue weighted by atomic mass is 19.1. The number of carboxylic acid groups (broad SMARTS) is 1. The number of nitrogens with zero attached hydrogens (tertiary/aromatic N) is 1. The lowest BCUT2D eigenvalue weighted by molar-refractivity contribution is -0.143. The van der Waals surface area contributed by atoms with Gasteiger partial charge in [-0.05, 0) is 43.5 Å². The number of carbonyl (C=O) groups is 2. The first-order valence-corrected chi connectivity index (χ1v) is 6.52. The van der Waals surface area contributed by atoms with E-state index >= 15 is 0 Å². The third-order valence-electron chi connectivity index (χ3n) is 3.47. The topological polar surface area (TPSA) is 69.6 Å². The fraction of sp³-hybridized carbons (Fsp3) is 0.429. The molecule has 5 nitrogen and oxygen atoms in total. The lowest BCUT2D eigenvalue weighted by Crippen LogP contribution is -2.44. The molecule has 0 radical (unpaired) electrons. The van der Waals surface area contributed by atoms with Gasteiger partial charge in [0.05, 0.1) is 5.92 Å². The van der Waals surface area contributed by atoms with E-state index in [1.165, 1.54) is 17.0 Å². The molecule has 0 aliphatic carbocycles. The molecule has 2 amide bonds. The first kappa shape index (κ1) is 14.3. The number of hydrogen-bond acceptors (Lipinski definition) is 2. The Kier molecular flexibility index (Phi) is 4.22. The lowest BCUT2D eigenvalue weighted by Gasteiger charge is -2.30. The summed E-state index contributed by atoms with van der Waals surface area (Å²) in [6, 6.07) is 3.98. The molecule has 1 fully saturated rings. The van der Waals surface area contributed by atoms with Crippen LogP contribution < -0.4 is 5.32 Å². The van der Waals surface area contributed by atoms with Gasteiger partial charge in [-0.25, -0.2) is 9.18 Å². The molecule has 20 heavy (non-hydrogen) atoms. The largest absolute Gasteiger partial charge is 0.481 e. The zero-order valence-corrected chi connectivity index (χ0v) is 11.2. The molecular formula is C14H17FN2O3. The molecule has 0 bridgehead atoms. The zero-order valence-electron chi connectivity index (χ0n) is 11.2. The van der Waals surface area contributed by atoms with Gasteiger partial charge in [-0.2, -0.15) is 0 Å². The number of aliphatic carboxylic acids is 1. The van der Waals surface area contributed by atoms with E-state index in [1.54, 1.807) is 13.0 Å². The van der Waals surface area contributed by atoms with E-state index in [1.807, 2.05) is 0 Å². The predicted molar refractivity (Wildman–Crippen MR) is 72.1 cm³/mol. The summed E-state index contributed by atoms with van der Waals surface area (Å²) in [5, 5.41) is 11.7. The van der Waals surface area contributed by atoms with Crippen molar-refractivity contribution in [2.45, 2.75) is 19.8 Å². The van der Waals surface area contributed by atoms with Crippen molar-refractivity contribution in [3.63, 3.8) is 0 Å². The quantitative estimate of drug-likeness (QED) is 0.874. The van der Waals surface area contributed by atoms with Gasteiger partial charge in [0.2, 0.25) is 0 Å². The summed E-state index contributed by atoms with van der Waals surface area (Å²) >= 11 is 0. The van der Waals surface area contributed by atoms with Gasteiger partial charge in [0, 0.05) is 18.8 Å². The van der Waals surface area contributed by atoms with Crippen molar-refractivity contribution < 1.29 is 19.1 Å². The average Bonchev–Trinajstić information content (AvgIpc) is 2.43. The van der Waals surface area contributed by atoms with Gasteiger partial charge in [-0.15, -0.1) is 0 Å². The Morgan fingerprint density at radius 3 is 2.85 bits per heavy atom. The fourth-order valence-corrected chi connectivity index (χ4v) is 2.29. The SMILES string of the molecule is Cc1cc(NC(=O)N2CCCC(C(=O)O)C2)ccc1F. The highest BCUT2D eigenvalue weighted by Crippen LogP contribution is 2.19. The van der Waals surface area contributed by atoms with Crippen LogP contribution in [-0.4, -0.2) is 35.1 Å². The van der Waals surface area contributed by atoms with Gasteiger partial charge in [0.25, 0.3) is 0 Å². The van der Waals surface area contributed by atoms with Crippen LogP contribution in [0, 0.1) is 18.7 Å². The van der Waals surface area contributed by atoms with E-state index in [-0.39, 0.29) is 18.4 Å². The van der Waals surface area contributed by atoms with E-state index in [0.717, 1.165) is 0 Å². The summed E-state index contributed by atoms with van der Waals surface area (Å²) in [6.45, 7) is 2.36. The second-order valence-electron chi connectivity index (χ2n) is 5.02. The molecule has 0 aromatic heterocycles. The molecule has 108 valence electrons. The second-order valence-corrected chi connectivity index (χ2v) is 5.02. The summed E-state index contributed by atoms with van der Waals surface area (Å²) in [5.41, 5.74) is 0.955. The summed E-state index contributed by atoms with van der Waals surface area (Å²) < 4.78 is 13.1. The van der Waals surface area contributed by atoms with Gasteiger partial charge < -0.3 is 15.3 Å². The molecule has 2 rings (SSSR count). The monoisotopic (exact) mass is 280 g/mol. The molecule has 1 aliphatic rings. The number of carbonyl (C=O) groups excluding carboxylic acids is 1. The Morgan fingerprint density at radius 2 is 2.20 bits per heavy atom. The molecule has 1 atom stereocenters. The maximum Gasteiger partial charge on any atom is 0.321 e. The standard InChI is InChI=1S/C14H17FN2O3/c1-9-7-11(4-5-12(9)15)16-14(20)17-6-2-3-10(8-17)13(18)19/h4-5,7,10H,2-3,6,8H2,1H3,(H,16,20)(H,18,19). The fourth-order valence-electron chi connectivity index (χ4n) is 2.29. The van der Waals surface area contributed by atoms with Crippen LogP contribution in [0.1, 0.15) is 18.4 Å². The molecule has 1 aromatic rings. The maximum atomic E-state index is 13.1. The maximum absolute atomic E-state index is 13.1. The first-order chi connectivity index (χ1) is 9.47. The van der Waals surface area contributed by atoms with Crippen LogP contribution in [0.15, 0.2) is 18.2 Å². The number of anilines is 1. The van der Waals surface area contributed by atoms with Crippen LogP contribution in [0.2, 0.25) is 0 Å². The van der Waals surface area contributed by atoms with Gasteiger partial charge in [-0.1, -0.05) is 0 Å². The number of aryl methyl sites for hydroxylation is 1. The van der Waals surface area contributed by atoms with Crippen molar-refractivity contribution >= 4 is 17.7 Å². The van der Waals surface area contributed by atoms with Gasteiger partial charge in [0.15, 0.2) is 0 Å². The van der Waals surface area contributed by atoms with E-state index in [2.05, 4.69) is 5.32 Å². The molecule has 1 saturated heterocycles. The van der Waals surface area contributed by atoms with Gasteiger partial charge in [0.1, 0.15) is 5.82 Å². The summed E-state index contributed by atoms with van der Waals surface area (Å²) in [4.78, 5) is 24.5. The lowest BCUT2D eigenvalue weighted by atomic mass is 9.99. The molecular weight excluding hydrogens is 263 g/mol. The number of carboxylic acids is 1. The summed E-state index contributed by atoms with van der Waals surface area (Å²) in [7, 11) is 0. The number of benzene rings is 1. The van der Waals surface area contributed by atoms with Crippen molar-refractivity contribution in [3.8, 4) is 0 Å². The minimum absolute atomic E-state index is 0.210. The highest BCUT2D eigenvalue weighted by Gasteiger charge is 2.28. The molecule has 6 heteroatoms. The Labute approximate surface area is 116 Å². The zero-order chi connectivity index (χ0) is 14.7. The number of rotatable bonds is 2. The summed E-state index contributed by atoms with van der Waals surface area (Å²) in [6.07, 6.45) is 1.27. The number of amides is 2. The third kappa shape index (κ3) is 3.26. The van der Waals surface area contributed by atoms with Crippen LogP contribution >= 0.6 is 0 Å². The second kappa shape index (κ2) is 5.90. The van der Waals surface area contributed by atoms with E-state index in [9.17, 15) is 14.0 Å². The normalized spacial score (nSPS) is 18.7. The van der Waals surface area contributed by atoms with E-state index in [4.69, 9.17) is 5.11 Å². The average molecular weight is 280 g/mol. The van der Waals surface area contributed by atoms with Crippen molar-refractivity contribution in [2.75, 3.05) is 18.4 Å². The minimum Gasteiger partial charge on any atom is -0.481 e. The van der Waals surface area contributed by atoms with Crippen molar-refractivity contribution in [1.82, 2.24) is 4.90 Å². The number of nitrogens with one attached hydrogen (secondary N) is 1. The molecule has 0 spiro atoms. The molecule has 2 N–H and O–H groups in total. The van der Waals surface area contributed by atoms with Crippen LogP contribution in [0.25, 0.3) is 0 Å². The highest BCUT2D eigenvalue weighted by molar-refractivity contribution is 5.89. The number of halogens is 1. The number of piperidine rings is 1. The first-order valence-electron chi connectivity index (χ1n) is 6.52. The van der Waals surface area contributed by atoms with Crippen LogP contribution in [0.5, 0.6) is 0 Å². The number of urea groups is 1. The number of hydrogen-bond donors (Lipinski definition) is 2. The summed E-state index contributed by atoms with van der Waals surface area (Å²) in [5.74, 6) is -1.71. The molecule has 1 aromatic carbocycles. The molecule has 1 heterocycles. The van der Waals surface area contributed by atoms with Gasteiger partial charge in [-0.3, -0.25) is 4.79 Å². The van der Waals surface area contributed by atoms with Crippen molar-refractivity contribution in [3.05, 3.63) is 29.6 Å². The Morgan fingerprint density at radius 1 is 1.45 bits per heavy atom.